The van der Waals surface area contributed by atoms with Crippen LogP contribution in [-0.4, -0.2) is 41.5 Å². The third kappa shape index (κ3) is 7.22. The highest BCUT2D eigenvalue weighted by atomic mass is 32.1. The van der Waals surface area contributed by atoms with E-state index in [1.807, 2.05) is 49.3 Å². The van der Waals surface area contributed by atoms with Crippen molar-refractivity contribution in [1.29, 1.82) is 0 Å². The van der Waals surface area contributed by atoms with E-state index in [1.165, 1.54) is 5.56 Å². The first-order valence-corrected chi connectivity index (χ1v) is 12.4. The van der Waals surface area contributed by atoms with Crippen LogP contribution in [0.3, 0.4) is 0 Å². The normalized spacial score (nSPS) is 12.8. The van der Waals surface area contributed by atoms with E-state index in [0.29, 0.717) is 31.8 Å². The van der Waals surface area contributed by atoms with Crippen LogP contribution in [-0.2, 0) is 22.7 Å². The van der Waals surface area contributed by atoms with Gasteiger partial charge in [0.05, 0.1) is 13.1 Å². The van der Waals surface area contributed by atoms with Crippen molar-refractivity contribution in [3.8, 4) is 11.5 Å². The van der Waals surface area contributed by atoms with Crippen LogP contribution in [0.15, 0.2) is 29.6 Å². The van der Waals surface area contributed by atoms with Crippen molar-refractivity contribution in [2.45, 2.75) is 61.1 Å². The summed E-state index contributed by atoms with van der Waals surface area (Å²) in [6.07, 6.45) is 0.416. The molecule has 0 atom stereocenters. The highest BCUT2D eigenvalue weighted by Crippen LogP contribution is 2.33. The molecule has 1 aromatic heterocycles. The molecule has 0 bridgehead atoms. The molecule has 1 aliphatic heterocycles. The standard InChI is InChI=1S/C26H36N2O4S/c1-18(2)13-27(24(29)12-26(4,5)6)16-25(30)28(15-23-19(3)9-10-33-23)14-20-7-8-21-22(11-20)32-17-31-21/h7-11,18H,12-17H2,1-6H3. The molecular formula is C26H36N2O4S. The Hall–Kier alpha value is -2.54. The molecule has 0 radical (unpaired) electrons. The minimum Gasteiger partial charge on any atom is -0.454 e. The van der Waals surface area contributed by atoms with Gasteiger partial charge in [-0.15, -0.1) is 11.3 Å². The Morgan fingerprint density at radius 3 is 2.39 bits per heavy atom. The number of benzene rings is 1. The lowest BCUT2D eigenvalue weighted by molar-refractivity contribution is -0.142. The number of fused-ring (bicyclic) bond motifs is 1. The van der Waals surface area contributed by atoms with E-state index in [4.69, 9.17) is 9.47 Å². The number of carbonyl (C=O) groups excluding carboxylic acids is 2. The number of hydrogen-bond acceptors (Lipinski definition) is 5. The molecule has 6 nitrogen and oxygen atoms in total. The molecular weight excluding hydrogens is 436 g/mol. The number of amides is 2. The van der Waals surface area contributed by atoms with E-state index in [-0.39, 0.29) is 36.5 Å². The summed E-state index contributed by atoms with van der Waals surface area (Å²) in [6.45, 7) is 14.2. The third-order valence-electron chi connectivity index (χ3n) is 5.41. The van der Waals surface area contributed by atoms with Crippen LogP contribution < -0.4 is 9.47 Å². The molecule has 0 saturated carbocycles. The Kier molecular flexibility index (Phi) is 8.05. The quantitative estimate of drug-likeness (QED) is 0.501. The van der Waals surface area contributed by atoms with Crippen molar-refractivity contribution < 1.29 is 19.1 Å². The summed E-state index contributed by atoms with van der Waals surface area (Å²) in [5.41, 5.74) is 2.01. The zero-order valence-corrected chi connectivity index (χ0v) is 21.5. The summed E-state index contributed by atoms with van der Waals surface area (Å²) < 4.78 is 10.9. The number of hydrogen-bond donors (Lipinski definition) is 0. The summed E-state index contributed by atoms with van der Waals surface area (Å²) in [7, 11) is 0. The molecule has 1 aromatic carbocycles. The van der Waals surface area contributed by atoms with Crippen LogP contribution in [0.25, 0.3) is 0 Å². The van der Waals surface area contributed by atoms with Gasteiger partial charge in [-0.3, -0.25) is 9.59 Å². The molecule has 0 aliphatic carbocycles. The number of ether oxygens (including phenoxy) is 2. The second kappa shape index (κ2) is 10.6. The lowest BCUT2D eigenvalue weighted by Gasteiger charge is -2.30. The fraction of sp³-hybridized carbons (Fsp3) is 0.538. The zero-order chi connectivity index (χ0) is 24.2. The van der Waals surface area contributed by atoms with E-state index in [9.17, 15) is 9.59 Å². The molecule has 2 aromatic rings. The predicted octanol–water partition coefficient (Wildman–Crippen LogP) is 5.23. The predicted molar refractivity (Wildman–Crippen MR) is 131 cm³/mol. The molecule has 0 N–H and O–H groups in total. The first kappa shape index (κ1) is 25.1. The van der Waals surface area contributed by atoms with E-state index < -0.39 is 0 Å². The molecule has 3 rings (SSSR count). The largest absolute Gasteiger partial charge is 0.454 e. The second-order valence-electron chi connectivity index (χ2n) is 10.4. The Morgan fingerprint density at radius 1 is 1.03 bits per heavy atom. The topological polar surface area (TPSA) is 59.1 Å². The molecule has 2 heterocycles. The first-order chi connectivity index (χ1) is 15.5. The van der Waals surface area contributed by atoms with Crippen LogP contribution in [0.1, 0.15) is 57.0 Å². The summed E-state index contributed by atoms with van der Waals surface area (Å²) in [4.78, 5) is 31.3. The number of rotatable bonds is 9. The monoisotopic (exact) mass is 472 g/mol. The van der Waals surface area contributed by atoms with Crippen LogP contribution >= 0.6 is 11.3 Å². The Labute approximate surface area is 201 Å². The lowest BCUT2D eigenvalue weighted by Crippen LogP contribution is -2.44. The van der Waals surface area contributed by atoms with Crippen molar-refractivity contribution >= 4 is 23.2 Å². The van der Waals surface area contributed by atoms with Gasteiger partial charge in [0.2, 0.25) is 18.6 Å². The molecule has 7 heteroatoms. The van der Waals surface area contributed by atoms with Gasteiger partial charge in [-0.05, 0) is 53.0 Å². The van der Waals surface area contributed by atoms with E-state index in [0.717, 1.165) is 16.2 Å². The Bertz CT molecular complexity index is 977. The van der Waals surface area contributed by atoms with Crippen molar-refractivity contribution in [2.24, 2.45) is 11.3 Å². The van der Waals surface area contributed by atoms with Crippen molar-refractivity contribution in [3.63, 3.8) is 0 Å². The summed E-state index contributed by atoms with van der Waals surface area (Å²) >= 11 is 1.65. The second-order valence-corrected chi connectivity index (χ2v) is 11.4. The highest BCUT2D eigenvalue weighted by molar-refractivity contribution is 7.10. The lowest BCUT2D eigenvalue weighted by atomic mass is 9.91. The number of carbonyl (C=O) groups is 2. The van der Waals surface area contributed by atoms with E-state index in [1.54, 1.807) is 16.2 Å². The van der Waals surface area contributed by atoms with Gasteiger partial charge in [0.1, 0.15) is 0 Å². The molecule has 180 valence electrons. The summed E-state index contributed by atoms with van der Waals surface area (Å²) in [6, 6.07) is 7.85. The summed E-state index contributed by atoms with van der Waals surface area (Å²) in [5.74, 6) is 1.68. The van der Waals surface area contributed by atoms with E-state index >= 15 is 0 Å². The average Bonchev–Trinajstić information content (AvgIpc) is 3.33. The highest BCUT2D eigenvalue weighted by Gasteiger charge is 2.26. The van der Waals surface area contributed by atoms with Gasteiger partial charge in [-0.2, -0.15) is 0 Å². The minimum atomic E-state index is -0.129. The van der Waals surface area contributed by atoms with Crippen LogP contribution in [0.4, 0.5) is 0 Å². The molecule has 1 aliphatic rings. The van der Waals surface area contributed by atoms with Crippen molar-refractivity contribution in [1.82, 2.24) is 9.80 Å². The van der Waals surface area contributed by atoms with Gasteiger partial charge in [0.15, 0.2) is 11.5 Å². The van der Waals surface area contributed by atoms with E-state index in [2.05, 4.69) is 26.8 Å². The molecule has 0 saturated heterocycles. The fourth-order valence-electron chi connectivity index (χ4n) is 3.76. The smallest absolute Gasteiger partial charge is 0.242 e. The van der Waals surface area contributed by atoms with Crippen LogP contribution in [0.5, 0.6) is 11.5 Å². The number of nitrogens with zero attached hydrogens (tertiary/aromatic N) is 2. The maximum atomic E-state index is 13.6. The maximum absolute atomic E-state index is 13.6. The van der Waals surface area contributed by atoms with Gasteiger partial charge >= 0.3 is 0 Å². The molecule has 33 heavy (non-hydrogen) atoms. The third-order valence-corrected chi connectivity index (χ3v) is 6.42. The maximum Gasteiger partial charge on any atom is 0.242 e. The molecule has 0 unspecified atom stereocenters. The Balaban J connectivity index is 1.80. The van der Waals surface area contributed by atoms with Gasteiger partial charge in [-0.1, -0.05) is 40.7 Å². The zero-order valence-electron chi connectivity index (χ0n) is 20.6. The SMILES string of the molecule is Cc1ccsc1CN(Cc1ccc2c(c1)OCO2)C(=O)CN(CC(C)C)C(=O)CC(C)(C)C. The van der Waals surface area contributed by atoms with Crippen LogP contribution in [0, 0.1) is 18.3 Å². The fourth-order valence-corrected chi connectivity index (χ4v) is 4.68. The van der Waals surface area contributed by atoms with Gasteiger partial charge in [0.25, 0.3) is 0 Å². The molecule has 0 spiro atoms. The molecule has 2 amide bonds. The average molecular weight is 473 g/mol. The van der Waals surface area contributed by atoms with Crippen molar-refractivity contribution in [3.05, 3.63) is 45.6 Å². The van der Waals surface area contributed by atoms with Gasteiger partial charge in [0, 0.05) is 24.4 Å². The minimum absolute atomic E-state index is 0.0277. The van der Waals surface area contributed by atoms with Gasteiger partial charge < -0.3 is 19.3 Å². The molecule has 0 fully saturated rings. The Morgan fingerprint density at radius 2 is 1.76 bits per heavy atom. The summed E-state index contributed by atoms with van der Waals surface area (Å²) in [5, 5.41) is 2.05. The number of thiophene rings is 1. The van der Waals surface area contributed by atoms with Crippen LogP contribution in [0.2, 0.25) is 0 Å². The number of aryl methyl sites for hydroxylation is 1. The van der Waals surface area contributed by atoms with Crippen molar-refractivity contribution in [2.75, 3.05) is 19.9 Å². The van der Waals surface area contributed by atoms with Gasteiger partial charge in [-0.25, -0.2) is 0 Å². The first-order valence-electron chi connectivity index (χ1n) is 11.5.